The molecule has 0 aliphatic carbocycles. The summed E-state index contributed by atoms with van der Waals surface area (Å²) in [5.74, 6) is 1.10. The molecule has 0 amide bonds. The molecule has 108 valence electrons. The number of para-hydroxylation sites is 1. The third kappa shape index (κ3) is 4.04. The Kier molecular flexibility index (Phi) is 5.76. The highest BCUT2D eigenvalue weighted by Gasteiger charge is 2.07. The lowest BCUT2D eigenvalue weighted by Crippen LogP contribution is -2.00. The van der Waals surface area contributed by atoms with Crippen LogP contribution in [0.4, 0.5) is 5.82 Å². The van der Waals surface area contributed by atoms with Crippen LogP contribution in [0.15, 0.2) is 53.6 Å². The Morgan fingerprint density at radius 3 is 2.76 bits per heavy atom. The van der Waals surface area contributed by atoms with Crippen LogP contribution in [0.3, 0.4) is 0 Å². The van der Waals surface area contributed by atoms with Gasteiger partial charge >= 0.3 is 0 Å². The first kappa shape index (κ1) is 16.0. The molecule has 0 unspecified atom stereocenters. The molecule has 1 heterocycles. The maximum absolute atomic E-state index is 6.03. The van der Waals surface area contributed by atoms with E-state index in [0.717, 1.165) is 20.9 Å². The molecule has 1 aromatic heterocycles. The summed E-state index contributed by atoms with van der Waals surface area (Å²) in [6, 6.07) is 7.71. The van der Waals surface area contributed by atoms with E-state index in [2.05, 4.69) is 32.6 Å². The molecule has 1 aromatic carbocycles. The van der Waals surface area contributed by atoms with Gasteiger partial charge in [0.15, 0.2) is 5.82 Å². The Balaban J connectivity index is 2.51. The van der Waals surface area contributed by atoms with Gasteiger partial charge in [-0.1, -0.05) is 64.6 Å². The molecule has 2 N–H and O–H groups in total. The van der Waals surface area contributed by atoms with Gasteiger partial charge < -0.3 is 5.73 Å². The number of aromatic nitrogens is 2. The van der Waals surface area contributed by atoms with Crippen LogP contribution in [0.2, 0.25) is 0 Å². The van der Waals surface area contributed by atoms with Gasteiger partial charge in [0.2, 0.25) is 0 Å². The number of anilines is 1. The lowest BCUT2D eigenvalue weighted by molar-refractivity contribution is 1.18. The zero-order chi connectivity index (χ0) is 15.2. The summed E-state index contributed by atoms with van der Waals surface area (Å²) < 4.78 is 0.848. The molecular formula is C16H15ClIN3. The molecule has 2 aromatic rings. The van der Waals surface area contributed by atoms with Gasteiger partial charge in [0.05, 0.1) is 5.52 Å². The Bertz CT molecular complexity index is 735. The van der Waals surface area contributed by atoms with Crippen molar-refractivity contribution < 1.29 is 0 Å². The third-order valence-electron chi connectivity index (χ3n) is 2.89. The summed E-state index contributed by atoms with van der Waals surface area (Å²) in [6.45, 7) is 1.89. The van der Waals surface area contributed by atoms with Gasteiger partial charge in [-0.15, -0.1) is 0 Å². The molecule has 0 spiro atoms. The second-order valence-corrected chi connectivity index (χ2v) is 5.59. The van der Waals surface area contributed by atoms with E-state index >= 15 is 0 Å². The van der Waals surface area contributed by atoms with Crippen molar-refractivity contribution in [2.45, 2.75) is 6.92 Å². The number of benzene rings is 1. The van der Waals surface area contributed by atoms with Gasteiger partial charge in [-0.3, -0.25) is 0 Å². The molecule has 0 fully saturated rings. The molecule has 0 atom stereocenters. The molecule has 0 aliphatic heterocycles. The summed E-state index contributed by atoms with van der Waals surface area (Å²) in [5.41, 5.74) is 7.77. The quantitative estimate of drug-likeness (QED) is 0.449. The monoisotopic (exact) mass is 411 g/mol. The van der Waals surface area contributed by atoms with Gasteiger partial charge in [0.25, 0.3) is 0 Å². The minimum atomic E-state index is 0.487. The summed E-state index contributed by atoms with van der Waals surface area (Å²) in [4.78, 5) is 8.99. The SMILES string of the molecule is C\C=C(Cl)/C=C\C(=C\CI)c1nc(N)c2ccccc2n1. The van der Waals surface area contributed by atoms with Crippen LogP contribution < -0.4 is 5.73 Å². The molecule has 21 heavy (non-hydrogen) atoms. The summed E-state index contributed by atoms with van der Waals surface area (Å²) in [7, 11) is 0. The van der Waals surface area contributed by atoms with E-state index in [1.165, 1.54) is 0 Å². The van der Waals surface area contributed by atoms with E-state index in [1.807, 2.05) is 55.5 Å². The minimum absolute atomic E-state index is 0.487. The van der Waals surface area contributed by atoms with Crippen molar-refractivity contribution in [1.29, 1.82) is 0 Å². The van der Waals surface area contributed by atoms with Crippen molar-refractivity contribution in [2.75, 3.05) is 10.2 Å². The van der Waals surface area contributed by atoms with Crippen LogP contribution in [0, 0.1) is 0 Å². The van der Waals surface area contributed by atoms with Gasteiger partial charge in [0.1, 0.15) is 5.82 Å². The fourth-order valence-corrected chi connectivity index (χ4v) is 2.35. The largest absolute Gasteiger partial charge is 0.383 e. The molecule has 0 bridgehead atoms. The summed E-state index contributed by atoms with van der Waals surface area (Å²) >= 11 is 8.28. The first-order chi connectivity index (χ1) is 10.2. The molecule has 5 heteroatoms. The van der Waals surface area contributed by atoms with Crippen molar-refractivity contribution in [3.63, 3.8) is 0 Å². The highest BCUT2D eigenvalue weighted by molar-refractivity contribution is 14.1. The molecule has 3 nitrogen and oxygen atoms in total. The van der Waals surface area contributed by atoms with Crippen LogP contribution in [0.25, 0.3) is 16.5 Å². The zero-order valence-electron chi connectivity index (χ0n) is 11.6. The number of nitrogens with two attached hydrogens (primary N) is 1. The van der Waals surface area contributed by atoms with E-state index in [0.29, 0.717) is 16.7 Å². The number of nitrogen functional groups attached to an aromatic ring is 1. The number of alkyl halides is 1. The lowest BCUT2D eigenvalue weighted by Gasteiger charge is -2.06. The summed E-state index contributed by atoms with van der Waals surface area (Å²) in [6.07, 6.45) is 7.61. The first-order valence-corrected chi connectivity index (χ1v) is 8.34. The van der Waals surface area contributed by atoms with Gasteiger partial charge in [-0.2, -0.15) is 0 Å². The van der Waals surface area contributed by atoms with Crippen molar-refractivity contribution in [3.8, 4) is 0 Å². The van der Waals surface area contributed by atoms with E-state index in [-0.39, 0.29) is 0 Å². The number of fused-ring (bicyclic) bond motifs is 1. The molecule has 0 radical (unpaired) electrons. The Morgan fingerprint density at radius 1 is 1.29 bits per heavy atom. The minimum Gasteiger partial charge on any atom is -0.383 e. The number of rotatable bonds is 4. The maximum Gasteiger partial charge on any atom is 0.161 e. The van der Waals surface area contributed by atoms with Gasteiger partial charge in [0, 0.05) is 20.4 Å². The van der Waals surface area contributed by atoms with Crippen molar-refractivity contribution in [2.24, 2.45) is 0 Å². The Labute approximate surface area is 142 Å². The number of allylic oxidation sites excluding steroid dienone is 6. The average Bonchev–Trinajstić information content (AvgIpc) is 2.51. The standard InChI is InChI=1S/C16H15ClIN3/c1-2-12(17)8-7-11(9-10-18)16-20-14-6-4-3-5-13(14)15(19)21-16/h2-9H,10H2,1H3,(H2,19,20,21)/b8-7-,11-9-,12-2+. The second-order valence-electron chi connectivity index (χ2n) is 4.27. The number of hydrogen-bond acceptors (Lipinski definition) is 3. The smallest absolute Gasteiger partial charge is 0.161 e. The van der Waals surface area contributed by atoms with Crippen LogP contribution in [-0.2, 0) is 0 Å². The topological polar surface area (TPSA) is 51.8 Å². The third-order valence-corrected chi connectivity index (χ3v) is 3.67. The average molecular weight is 412 g/mol. The van der Waals surface area contributed by atoms with E-state index in [1.54, 1.807) is 0 Å². The normalized spacial score (nSPS) is 13.3. The predicted molar refractivity (Wildman–Crippen MR) is 99.6 cm³/mol. The van der Waals surface area contributed by atoms with E-state index in [9.17, 15) is 0 Å². The van der Waals surface area contributed by atoms with Crippen LogP contribution >= 0.6 is 34.2 Å². The van der Waals surface area contributed by atoms with Crippen molar-refractivity contribution in [1.82, 2.24) is 9.97 Å². The lowest BCUT2D eigenvalue weighted by atomic mass is 10.2. The second kappa shape index (κ2) is 7.56. The molecular weight excluding hydrogens is 397 g/mol. The van der Waals surface area contributed by atoms with Crippen LogP contribution in [-0.4, -0.2) is 14.4 Å². The zero-order valence-corrected chi connectivity index (χ0v) is 14.5. The number of halogens is 2. The molecule has 0 saturated heterocycles. The number of hydrogen-bond donors (Lipinski definition) is 1. The highest BCUT2D eigenvalue weighted by Crippen LogP contribution is 2.22. The highest BCUT2D eigenvalue weighted by atomic mass is 127. The molecule has 0 saturated carbocycles. The summed E-state index contributed by atoms with van der Waals surface area (Å²) in [5, 5.41) is 1.54. The maximum atomic E-state index is 6.03. The van der Waals surface area contributed by atoms with Gasteiger partial charge in [-0.25, -0.2) is 9.97 Å². The predicted octanol–water partition coefficient (Wildman–Crippen LogP) is 4.73. The van der Waals surface area contributed by atoms with E-state index in [4.69, 9.17) is 17.3 Å². The van der Waals surface area contributed by atoms with Gasteiger partial charge in [-0.05, 0) is 25.1 Å². The van der Waals surface area contributed by atoms with Crippen molar-refractivity contribution in [3.05, 3.63) is 59.4 Å². The molecule has 2 rings (SSSR count). The fourth-order valence-electron chi connectivity index (χ4n) is 1.81. The Morgan fingerprint density at radius 2 is 2.05 bits per heavy atom. The fraction of sp³-hybridized carbons (Fsp3) is 0.125. The molecule has 0 aliphatic rings. The van der Waals surface area contributed by atoms with E-state index < -0.39 is 0 Å². The van der Waals surface area contributed by atoms with Crippen LogP contribution in [0.5, 0.6) is 0 Å². The van der Waals surface area contributed by atoms with Crippen LogP contribution in [0.1, 0.15) is 12.7 Å². The Hall–Kier alpha value is -1.40. The number of nitrogens with zero attached hydrogens (tertiary/aromatic N) is 2. The van der Waals surface area contributed by atoms with Crippen molar-refractivity contribution >= 4 is 56.5 Å². The first-order valence-electron chi connectivity index (χ1n) is 6.44.